The van der Waals surface area contributed by atoms with E-state index in [0.717, 1.165) is 6.42 Å². The highest BCUT2D eigenvalue weighted by atomic mass is 16.6. The van der Waals surface area contributed by atoms with Crippen molar-refractivity contribution < 1.29 is 23.9 Å². The molecule has 0 fully saturated rings. The molecule has 6 heteroatoms. The molecule has 0 aliphatic carbocycles. The van der Waals surface area contributed by atoms with E-state index in [2.05, 4.69) is 6.58 Å². The van der Waals surface area contributed by atoms with Crippen LogP contribution in [0, 0.1) is 17.3 Å². The van der Waals surface area contributed by atoms with Crippen molar-refractivity contribution in [3.05, 3.63) is 12.2 Å². The lowest BCUT2D eigenvalue weighted by Gasteiger charge is -2.32. The molecule has 0 aliphatic heterocycles. The molecule has 0 spiro atoms. The van der Waals surface area contributed by atoms with Crippen molar-refractivity contribution >= 4 is 17.8 Å². The molecule has 0 saturated carbocycles. The zero-order valence-electron chi connectivity index (χ0n) is 16.7. The molecule has 0 N–H and O–H groups in total. The van der Waals surface area contributed by atoms with Crippen LogP contribution >= 0.6 is 0 Å². The van der Waals surface area contributed by atoms with Crippen molar-refractivity contribution in [1.82, 2.24) is 4.90 Å². The van der Waals surface area contributed by atoms with Crippen molar-refractivity contribution in [2.75, 3.05) is 27.3 Å². The SMILES string of the molecule is C=C(C)C(=O)OCCOC(=O)C(C)(C)C(C)CC(CC)C(=O)N(C)C. The Labute approximate surface area is 151 Å². The summed E-state index contributed by atoms with van der Waals surface area (Å²) in [6.45, 7) is 12.6. The van der Waals surface area contributed by atoms with Gasteiger partial charge in [0, 0.05) is 25.6 Å². The van der Waals surface area contributed by atoms with Crippen LogP contribution in [-0.2, 0) is 23.9 Å². The van der Waals surface area contributed by atoms with E-state index in [9.17, 15) is 14.4 Å². The number of carbonyl (C=O) groups is 3. The summed E-state index contributed by atoms with van der Waals surface area (Å²) in [5.74, 6) is -0.944. The van der Waals surface area contributed by atoms with E-state index in [1.807, 2.05) is 27.7 Å². The quantitative estimate of drug-likeness (QED) is 0.342. The third kappa shape index (κ3) is 7.28. The average molecular weight is 355 g/mol. The van der Waals surface area contributed by atoms with Gasteiger partial charge in [0.2, 0.25) is 5.91 Å². The fourth-order valence-electron chi connectivity index (χ4n) is 2.31. The van der Waals surface area contributed by atoms with Crippen LogP contribution in [0.3, 0.4) is 0 Å². The summed E-state index contributed by atoms with van der Waals surface area (Å²) < 4.78 is 10.1. The number of rotatable bonds is 10. The number of esters is 2. The molecule has 0 aromatic carbocycles. The third-order valence-corrected chi connectivity index (χ3v) is 4.58. The lowest BCUT2D eigenvalue weighted by molar-refractivity contribution is -0.161. The van der Waals surface area contributed by atoms with Crippen LogP contribution in [0.25, 0.3) is 0 Å². The van der Waals surface area contributed by atoms with E-state index >= 15 is 0 Å². The van der Waals surface area contributed by atoms with Gasteiger partial charge in [-0.3, -0.25) is 9.59 Å². The van der Waals surface area contributed by atoms with E-state index in [1.54, 1.807) is 25.9 Å². The van der Waals surface area contributed by atoms with Crippen LogP contribution in [0.4, 0.5) is 0 Å². The Hall–Kier alpha value is -1.85. The molecule has 144 valence electrons. The van der Waals surface area contributed by atoms with Gasteiger partial charge in [0.25, 0.3) is 0 Å². The van der Waals surface area contributed by atoms with Crippen LogP contribution in [0.2, 0.25) is 0 Å². The smallest absolute Gasteiger partial charge is 0.333 e. The van der Waals surface area contributed by atoms with E-state index in [4.69, 9.17) is 9.47 Å². The summed E-state index contributed by atoms with van der Waals surface area (Å²) in [7, 11) is 3.47. The van der Waals surface area contributed by atoms with E-state index in [-0.39, 0.29) is 36.9 Å². The Bertz CT molecular complexity index is 496. The van der Waals surface area contributed by atoms with E-state index in [1.165, 1.54) is 0 Å². The summed E-state index contributed by atoms with van der Waals surface area (Å²) in [6.07, 6.45) is 1.34. The van der Waals surface area contributed by atoms with Gasteiger partial charge in [-0.05, 0) is 39.5 Å². The predicted molar refractivity (Wildman–Crippen MR) is 96.8 cm³/mol. The minimum Gasteiger partial charge on any atom is -0.462 e. The zero-order valence-corrected chi connectivity index (χ0v) is 16.7. The summed E-state index contributed by atoms with van der Waals surface area (Å²) in [6, 6.07) is 0. The van der Waals surface area contributed by atoms with Gasteiger partial charge in [-0.2, -0.15) is 0 Å². The maximum absolute atomic E-state index is 12.4. The number of nitrogens with zero attached hydrogens (tertiary/aromatic N) is 1. The first-order valence-corrected chi connectivity index (χ1v) is 8.66. The van der Waals surface area contributed by atoms with Crippen LogP contribution in [0.15, 0.2) is 12.2 Å². The molecule has 2 unspecified atom stereocenters. The van der Waals surface area contributed by atoms with Crippen molar-refractivity contribution in [1.29, 1.82) is 0 Å². The lowest BCUT2D eigenvalue weighted by atomic mass is 9.74. The second kappa shape index (κ2) is 10.2. The molecule has 0 aromatic rings. The Balaban J connectivity index is 4.60. The van der Waals surface area contributed by atoms with Gasteiger partial charge in [-0.25, -0.2) is 4.79 Å². The molecule has 0 aliphatic rings. The first kappa shape index (κ1) is 23.1. The molecule has 0 heterocycles. The normalized spacial score (nSPS) is 13.6. The van der Waals surface area contributed by atoms with Gasteiger partial charge in [-0.1, -0.05) is 20.4 Å². The summed E-state index contributed by atoms with van der Waals surface area (Å²) in [5, 5.41) is 0. The average Bonchev–Trinajstić information content (AvgIpc) is 2.54. The Morgan fingerprint density at radius 3 is 2.08 bits per heavy atom. The van der Waals surface area contributed by atoms with Crippen molar-refractivity contribution in [3.63, 3.8) is 0 Å². The number of carbonyl (C=O) groups excluding carboxylic acids is 3. The number of hydrogen-bond acceptors (Lipinski definition) is 5. The highest BCUT2D eigenvalue weighted by molar-refractivity contribution is 5.86. The number of amides is 1. The molecule has 1 amide bonds. The van der Waals surface area contributed by atoms with Crippen LogP contribution in [0.1, 0.15) is 47.5 Å². The molecule has 6 nitrogen and oxygen atoms in total. The fourth-order valence-corrected chi connectivity index (χ4v) is 2.31. The highest BCUT2D eigenvalue weighted by Crippen LogP contribution is 2.34. The number of ether oxygens (including phenoxy) is 2. The summed E-state index contributed by atoms with van der Waals surface area (Å²) in [4.78, 5) is 37.4. The van der Waals surface area contributed by atoms with Crippen LogP contribution in [0.5, 0.6) is 0 Å². The molecule has 0 radical (unpaired) electrons. The molecule has 0 bridgehead atoms. The molecular formula is C19H33NO5. The molecule has 25 heavy (non-hydrogen) atoms. The Morgan fingerprint density at radius 2 is 1.64 bits per heavy atom. The maximum Gasteiger partial charge on any atom is 0.333 e. The van der Waals surface area contributed by atoms with Crippen molar-refractivity contribution in [2.45, 2.75) is 47.5 Å². The lowest BCUT2D eigenvalue weighted by Crippen LogP contribution is -2.37. The second-order valence-electron chi connectivity index (χ2n) is 7.25. The minimum atomic E-state index is -0.738. The van der Waals surface area contributed by atoms with Crippen LogP contribution in [-0.4, -0.2) is 50.1 Å². The first-order valence-electron chi connectivity index (χ1n) is 8.66. The van der Waals surface area contributed by atoms with Gasteiger partial charge in [0.15, 0.2) is 0 Å². The van der Waals surface area contributed by atoms with Gasteiger partial charge in [-0.15, -0.1) is 0 Å². The topological polar surface area (TPSA) is 72.9 Å². The molecule has 2 atom stereocenters. The summed E-state index contributed by atoms with van der Waals surface area (Å²) in [5.41, 5.74) is -0.435. The van der Waals surface area contributed by atoms with Gasteiger partial charge < -0.3 is 14.4 Å². The largest absolute Gasteiger partial charge is 0.462 e. The number of hydrogen-bond donors (Lipinski definition) is 0. The standard InChI is InChI=1S/C19H33NO5/c1-9-15(16(21)20(7)8)12-14(4)19(5,6)18(23)25-11-10-24-17(22)13(2)3/h14-15H,2,9-12H2,1,3-8H3. The van der Waals surface area contributed by atoms with E-state index in [0.29, 0.717) is 12.0 Å². The monoisotopic (exact) mass is 355 g/mol. The van der Waals surface area contributed by atoms with Gasteiger partial charge >= 0.3 is 11.9 Å². The van der Waals surface area contributed by atoms with Gasteiger partial charge in [0.1, 0.15) is 13.2 Å². The van der Waals surface area contributed by atoms with Gasteiger partial charge in [0.05, 0.1) is 5.41 Å². The fraction of sp³-hybridized carbons (Fsp3) is 0.737. The molecule has 0 saturated heterocycles. The second-order valence-corrected chi connectivity index (χ2v) is 7.25. The maximum atomic E-state index is 12.4. The Morgan fingerprint density at radius 1 is 1.12 bits per heavy atom. The van der Waals surface area contributed by atoms with E-state index < -0.39 is 11.4 Å². The molecular weight excluding hydrogens is 322 g/mol. The Kier molecular flexibility index (Phi) is 9.46. The minimum absolute atomic E-state index is 0.00139. The first-order chi connectivity index (χ1) is 11.4. The predicted octanol–water partition coefficient (Wildman–Crippen LogP) is 2.82. The van der Waals surface area contributed by atoms with Crippen molar-refractivity contribution in [3.8, 4) is 0 Å². The summed E-state index contributed by atoms with van der Waals surface area (Å²) >= 11 is 0. The third-order valence-electron chi connectivity index (χ3n) is 4.58. The highest BCUT2D eigenvalue weighted by Gasteiger charge is 2.37. The molecule has 0 aromatic heterocycles. The molecule has 0 rings (SSSR count). The zero-order chi connectivity index (χ0) is 19.8. The van der Waals surface area contributed by atoms with Crippen molar-refractivity contribution in [2.24, 2.45) is 17.3 Å². The van der Waals surface area contributed by atoms with Crippen LogP contribution < -0.4 is 0 Å².